The number of likely N-dealkylation sites (tertiary alicyclic amines) is 1. The second kappa shape index (κ2) is 9.52. The van der Waals surface area contributed by atoms with Crippen LogP contribution < -0.4 is 5.32 Å². The maximum absolute atomic E-state index is 12.7. The fraction of sp³-hybridized carbons (Fsp3) is 0.636. The summed E-state index contributed by atoms with van der Waals surface area (Å²) >= 11 is 0. The second-order valence-corrected chi connectivity index (χ2v) is 8.24. The van der Waals surface area contributed by atoms with Crippen LogP contribution >= 0.6 is 0 Å². The van der Waals surface area contributed by atoms with Gasteiger partial charge in [-0.2, -0.15) is 0 Å². The fourth-order valence-electron chi connectivity index (χ4n) is 4.02. The number of benzene rings is 1. The molecule has 154 valence electrons. The Labute approximate surface area is 168 Å². The molecule has 3 rings (SSSR count). The molecule has 2 aliphatic heterocycles. The molecule has 1 aromatic rings. The zero-order valence-electron chi connectivity index (χ0n) is 17.5. The first-order chi connectivity index (χ1) is 13.4. The largest absolute Gasteiger partial charge is 0.342 e. The van der Waals surface area contributed by atoms with Gasteiger partial charge in [0.15, 0.2) is 0 Å². The quantitative estimate of drug-likeness (QED) is 0.843. The lowest BCUT2D eigenvalue weighted by molar-refractivity contribution is -0.134. The topological polar surface area (TPSA) is 55.9 Å². The number of piperazine rings is 1. The lowest BCUT2D eigenvalue weighted by Gasteiger charge is -2.38. The van der Waals surface area contributed by atoms with Crippen molar-refractivity contribution in [1.82, 2.24) is 14.7 Å². The van der Waals surface area contributed by atoms with E-state index in [0.717, 1.165) is 68.9 Å². The van der Waals surface area contributed by atoms with Gasteiger partial charge in [-0.3, -0.25) is 19.4 Å². The second-order valence-electron chi connectivity index (χ2n) is 8.24. The average molecular weight is 387 g/mol. The Balaban J connectivity index is 1.46. The van der Waals surface area contributed by atoms with Crippen LogP contribution in [0.2, 0.25) is 0 Å². The van der Waals surface area contributed by atoms with Crippen molar-refractivity contribution in [3.63, 3.8) is 0 Å². The summed E-state index contributed by atoms with van der Waals surface area (Å²) in [5.41, 5.74) is 3.11. The van der Waals surface area contributed by atoms with Crippen LogP contribution in [0.25, 0.3) is 0 Å². The van der Waals surface area contributed by atoms with E-state index < -0.39 is 0 Å². The molecule has 0 unspecified atom stereocenters. The summed E-state index contributed by atoms with van der Waals surface area (Å²) in [5, 5.41) is 3.08. The molecular formula is C22H34N4O2. The Kier molecular flexibility index (Phi) is 7.08. The maximum atomic E-state index is 12.7. The van der Waals surface area contributed by atoms with Gasteiger partial charge >= 0.3 is 0 Å². The van der Waals surface area contributed by atoms with Crippen molar-refractivity contribution in [3.8, 4) is 0 Å². The standard InChI is InChI=1S/C22H34N4O2/c1-17-7-8-18(2)20(15-17)23-22(28)19(3)25-13-11-24(12-14-25)16-21(27)26-9-5-4-6-10-26/h7-8,15,19H,4-6,9-14,16H2,1-3H3,(H,23,28)/t19-/m1/s1. The number of rotatable bonds is 5. The Morgan fingerprint density at radius 3 is 2.36 bits per heavy atom. The van der Waals surface area contributed by atoms with Crippen LogP contribution in [0.3, 0.4) is 0 Å². The first kappa shape index (κ1) is 20.8. The minimum absolute atomic E-state index is 0.0338. The summed E-state index contributed by atoms with van der Waals surface area (Å²) in [4.78, 5) is 31.6. The summed E-state index contributed by atoms with van der Waals surface area (Å²) in [6.45, 7) is 11.6. The molecule has 6 nitrogen and oxygen atoms in total. The Bertz CT molecular complexity index is 692. The summed E-state index contributed by atoms with van der Waals surface area (Å²) in [5.74, 6) is 0.292. The van der Waals surface area contributed by atoms with Gasteiger partial charge in [0.05, 0.1) is 12.6 Å². The predicted molar refractivity (Wildman–Crippen MR) is 112 cm³/mol. The van der Waals surface area contributed by atoms with Crippen molar-refractivity contribution in [2.24, 2.45) is 0 Å². The van der Waals surface area contributed by atoms with Gasteiger partial charge in [0.2, 0.25) is 11.8 Å². The molecule has 1 N–H and O–H groups in total. The zero-order chi connectivity index (χ0) is 20.1. The fourth-order valence-corrected chi connectivity index (χ4v) is 4.02. The Morgan fingerprint density at radius 2 is 1.68 bits per heavy atom. The molecule has 1 atom stereocenters. The van der Waals surface area contributed by atoms with Crippen LogP contribution in [0.5, 0.6) is 0 Å². The van der Waals surface area contributed by atoms with E-state index in [-0.39, 0.29) is 17.9 Å². The molecule has 2 fully saturated rings. The van der Waals surface area contributed by atoms with E-state index in [2.05, 4.69) is 21.2 Å². The van der Waals surface area contributed by atoms with Gasteiger partial charge in [-0.15, -0.1) is 0 Å². The summed E-state index contributed by atoms with van der Waals surface area (Å²) in [6, 6.07) is 5.93. The normalized spacial score (nSPS) is 20.0. The number of anilines is 1. The van der Waals surface area contributed by atoms with Crippen molar-refractivity contribution in [2.45, 2.75) is 46.1 Å². The molecule has 1 aromatic carbocycles. The number of hydrogen-bond acceptors (Lipinski definition) is 4. The third-order valence-corrected chi connectivity index (χ3v) is 6.05. The summed E-state index contributed by atoms with van der Waals surface area (Å²) in [7, 11) is 0. The van der Waals surface area contributed by atoms with Gasteiger partial charge in [0, 0.05) is 45.0 Å². The Hall–Kier alpha value is -1.92. The molecular weight excluding hydrogens is 352 g/mol. The molecule has 2 aliphatic rings. The van der Waals surface area contributed by atoms with Gasteiger partial charge in [-0.05, 0) is 57.2 Å². The van der Waals surface area contributed by atoms with Crippen LogP contribution in [-0.4, -0.2) is 78.4 Å². The maximum Gasteiger partial charge on any atom is 0.241 e. The van der Waals surface area contributed by atoms with E-state index in [1.54, 1.807) is 0 Å². The summed E-state index contributed by atoms with van der Waals surface area (Å²) in [6.07, 6.45) is 3.50. The van der Waals surface area contributed by atoms with Gasteiger partial charge in [-0.25, -0.2) is 0 Å². The smallest absolute Gasteiger partial charge is 0.241 e. The number of piperidine rings is 1. The van der Waals surface area contributed by atoms with Gasteiger partial charge in [-0.1, -0.05) is 12.1 Å². The molecule has 6 heteroatoms. The molecule has 2 saturated heterocycles. The average Bonchev–Trinajstić information content (AvgIpc) is 2.71. The molecule has 0 bridgehead atoms. The molecule has 0 aromatic heterocycles. The highest BCUT2D eigenvalue weighted by molar-refractivity contribution is 5.95. The molecule has 2 heterocycles. The van der Waals surface area contributed by atoms with Crippen LogP contribution in [0.4, 0.5) is 5.69 Å². The van der Waals surface area contributed by atoms with Gasteiger partial charge in [0.1, 0.15) is 0 Å². The van der Waals surface area contributed by atoms with Crippen molar-refractivity contribution in [3.05, 3.63) is 29.3 Å². The van der Waals surface area contributed by atoms with Crippen molar-refractivity contribution in [1.29, 1.82) is 0 Å². The monoisotopic (exact) mass is 386 g/mol. The number of carbonyl (C=O) groups excluding carboxylic acids is 2. The lowest BCUT2D eigenvalue weighted by atomic mass is 10.1. The third kappa shape index (κ3) is 5.32. The SMILES string of the molecule is Cc1ccc(C)c(NC(=O)[C@@H](C)N2CCN(CC(=O)N3CCCCC3)CC2)c1. The number of nitrogens with zero attached hydrogens (tertiary/aromatic N) is 3. The van der Waals surface area contributed by atoms with E-state index >= 15 is 0 Å². The molecule has 0 aliphatic carbocycles. The molecule has 0 saturated carbocycles. The van der Waals surface area contributed by atoms with E-state index in [1.807, 2.05) is 37.8 Å². The number of amides is 2. The summed E-state index contributed by atoms with van der Waals surface area (Å²) < 4.78 is 0. The van der Waals surface area contributed by atoms with E-state index in [0.29, 0.717) is 6.54 Å². The number of hydrogen-bond donors (Lipinski definition) is 1. The molecule has 0 radical (unpaired) electrons. The first-order valence-corrected chi connectivity index (χ1v) is 10.6. The Morgan fingerprint density at radius 1 is 1.00 bits per heavy atom. The number of aryl methyl sites for hydroxylation is 2. The highest BCUT2D eigenvalue weighted by Crippen LogP contribution is 2.18. The van der Waals surface area contributed by atoms with Crippen LogP contribution in [0.1, 0.15) is 37.3 Å². The van der Waals surface area contributed by atoms with Crippen molar-refractivity contribution >= 4 is 17.5 Å². The highest BCUT2D eigenvalue weighted by Gasteiger charge is 2.27. The van der Waals surface area contributed by atoms with Gasteiger partial charge < -0.3 is 10.2 Å². The minimum atomic E-state index is -0.181. The van der Waals surface area contributed by atoms with E-state index in [9.17, 15) is 9.59 Å². The van der Waals surface area contributed by atoms with Crippen molar-refractivity contribution in [2.75, 3.05) is 51.1 Å². The first-order valence-electron chi connectivity index (χ1n) is 10.6. The van der Waals surface area contributed by atoms with Crippen LogP contribution in [0.15, 0.2) is 18.2 Å². The lowest BCUT2D eigenvalue weighted by Crippen LogP contribution is -2.54. The van der Waals surface area contributed by atoms with E-state index in [4.69, 9.17) is 0 Å². The molecule has 28 heavy (non-hydrogen) atoms. The molecule has 2 amide bonds. The highest BCUT2D eigenvalue weighted by atomic mass is 16.2. The minimum Gasteiger partial charge on any atom is -0.342 e. The van der Waals surface area contributed by atoms with Crippen LogP contribution in [-0.2, 0) is 9.59 Å². The van der Waals surface area contributed by atoms with E-state index in [1.165, 1.54) is 6.42 Å². The number of nitrogens with one attached hydrogen (secondary N) is 1. The van der Waals surface area contributed by atoms with Crippen LogP contribution in [0, 0.1) is 13.8 Å². The van der Waals surface area contributed by atoms with Crippen molar-refractivity contribution < 1.29 is 9.59 Å². The van der Waals surface area contributed by atoms with Gasteiger partial charge in [0.25, 0.3) is 0 Å². The number of carbonyl (C=O) groups is 2. The molecule has 0 spiro atoms. The third-order valence-electron chi connectivity index (χ3n) is 6.05. The zero-order valence-corrected chi connectivity index (χ0v) is 17.5. The predicted octanol–water partition coefficient (Wildman–Crippen LogP) is 2.26.